The molecule has 0 bridgehead atoms. The number of nitrogens with zero attached hydrogens (tertiary/aromatic N) is 4. The standard InChI is InChI=1S/C8H8ClN5O/c1-15-5-3-11-14(4-5)7-2-6(9)12-8(10)13-7/h2-4H,1H3,(H2,10,12,13). The van der Waals surface area contributed by atoms with E-state index in [0.29, 0.717) is 11.6 Å². The molecule has 0 atom stereocenters. The molecule has 2 N–H and O–H groups in total. The van der Waals surface area contributed by atoms with E-state index < -0.39 is 0 Å². The molecule has 0 unspecified atom stereocenters. The molecule has 0 aliphatic carbocycles. The minimum Gasteiger partial charge on any atom is -0.493 e. The SMILES string of the molecule is COc1cnn(-c2cc(Cl)nc(N)n2)c1. The maximum Gasteiger partial charge on any atom is 0.223 e. The van der Waals surface area contributed by atoms with Crippen LogP contribution in [0.3, 0.4) is 0 Å². The quantitative estimate of drug-likeness (QED) is 0.769. The highest BCUT2D eigenvalue weighted by molar-refractivity contribution is 6.29. The van der Waals surface area contributed by atoms with Crippen LogP contribution in [-0.4, -0.2) is 26.9 Å². The lowest BCUT2D eigenvalue weighted by Crippen LogP contribution is -2.03. The molecule has 0 aliphatic rings. The second kappa shape index (κ2) is 3.74. The summed E-state index contributed by atoms with van der Waals surface area (Å²) >= 11 is 5.74. The minimum atomic E-state index is 0.104. The van der Waals surface area contributed by atoms with Gasteiger partial charge >= 0.3 is 0 Å². The van der Waals surface area contributed by atoms with Crippen molar-refractivity contribution in [2.24, 2.45) is 0 Å². The molecule has 0 aromatic carbocycles. The summed E-state index contributed by atoms with van der Waals surface area (Å²) in [5.41, 5.74) is 5.46. The lowest BCUT2D eigenvalue weighted by Gasteiger charge is -2.01. The van der Waals surface area contributed by atoms with E-state index in [9.17, 15) is 0 Å². The molecule has 0 saturated heterocycles. The molecule has 2 aromatic heterocycles. The number of methoxy groups -OCH3 is 1. The highest BCUT2D eigenvalue weighted by Crippen LogP contribution is 2.14. The van der Waals surface area contributed by atoms with E-state index in [1.165, 1.54) is 4.68 Å². The Morgan fingerprint density at radius 2 is 2.27 bits per heavy atom. The number of anilines is 1. The van der Waals surface area contributed by atoms with E-state index in [0.717, 1.165) is 0 Å². The largest absolute Gasteiger partial charge is 0.493 e. The Bertz CT molecular complexity index is 463. The van der Waals surface area contributed by atoms with Crippen LogP contribution in [0.15, 0.2) is 18.5 Å². The number of hydrogen-bond acceptors (Lipinski definition) is 5. The summed E-state index contributed by atoms with van der Waals surface area (Å²) < 4.78 is 6.49. The lowest BCUT2D eigenvalue weighted by molar-refractivity contribution is 0.414. The predicted molar refractivity (Wildman–Crippen MR) is 55.1 cm³/mol. The number of halogens is 1. The van der Waals surface area contributed by atoms with E-state index in [-0.39, 0.29) is 11.1 Å². The topological polar surface area (TPSA) is 78.8 Å². The summed E-state index contributed by atoms with van der Waals surface area (Å²) in [5, 5.41) is 4.30. The second-order valence-electron chi connectivity index (χ2n) is 2.73. The third-order valence-corrected chi connectivity index (χ3v) is 1.92. The summed E-state index contributed by atoms with van der Waals surface area (Å²) in [7, 11) is 1.56. The molecular weight excluding hydrogens is 218 g/mol. The monoisotopic (exact) mass is 225 g/mol. The van der Waals surface area contributed by atoms with Crippen LogP contribution >= 0.6 is 11.6 Å². The first-order valence-corrected chi connectivity index (χ1v) is 4.46. The Morgan fingerprint density at radius 3 is 2.87 bits per heavy atom. The summed E-state index contributed by atoms with van der Waals surface area (Å²) in [5.74, 6) is 1.23. The van der Waals surface area contributed by atoms with Crippen LogP contribution in [0, 0.1) is 0 Å². The second-order valence-corrected chi connectivity index (χ2v) is 3.12. The fourth-order valence-electron chi connectivity index (χ4n) is 1.08. The van der Waals surface area contributed by atoms with Crippen LogP contribution in [-0.2, 0) is 0 Å². The highest BCUT2D eigenvalue weighted by Gasteiger charge is 2.05. The first-order chi connectivity index (χ1) is 7.19. The van der Waals surface area contributed by atoms with Crippen LogP contribution in [0.5, 0.6) is 5.75 Å². The first kappa shape index (κ1) is 9.72. The molecule has 15 heavy (non-hydrogen) atoms. The van der Waals surface area contributed by atoms with E-state index in [4.69, 9.17) is 22.1 Å². The van der Waals surface area contributed by atoms with Gasteiger partial charge in [-0.2, -0.15) is 10.1 Å². The molecule has 2 aromatic rings. The Kier molecular flexibility index (Phi) is 2.42. The van der Waals surface area contributed by atoms with Crippen LogP contribution in [0.2, 0.25) is 5.15 Å². The maximum atomic E-state index is 5.74. The average Bonchev–Trinajstić information content (AvgIpc) is 2.64. The Morgan fingerprint density at radius 1 is 1.47 bits per heavy atom. The zero-order valence-electron chi connectivity index (χ0n) is 7.88. The zero-order valence-corrected chi connectivity index (χ0v) is 8.64. The maximum absolute atomic E-state index is 5.74. The van der Waals surface area contributed by atoms with Crippen LogP contribution in [0.25, 0.3) is 5.82 Å². The van der Waals surface area contributed by atoms with Gasteiger partial charge in [0.25, 0.3) is 0 Å². The number of aromatic nitrogens is 4. The molecule has 0 fully saturated rings. The minimum absolute atomic E-state index is 0.104. The predicted octanol–water partition coefficient (Wildman–Crippen LogP) is 0.906. The van der Waals surface area contributed by atoms with Gasteiger partial charge in [0.05, 0.1) is 19.5 Å². The average molecular weight is 226 g/mol. The van der Waals surface area contributed by atoms with Crippen molar-refractivity contribution >= 4 is 17.5 Å². The van der Waals surface area contributed by atoms with Gasteiger partial charge in [0.1, 0.15) is 5.15 Å². The Balaban J connectivity index is 2.44. The van der Waals surface area contributed by atoms with Gasteiger partial charge < -0.3 is 10.5 Å². The first-order valence-electron chi connectivity index (χ1n) is 4.08. The van der Waals surface area contributed by atoms with Crippen molar-refractivity contribution in [3.63, 3.8) is 0 Å². The van der Waals surface area contributed by atoms with Crippen LogP contribution in [0.4, 0.5) is 5.95 Å². The van der Waals surface area contributed by atoms with Crippen molar-refractivity contribution in [2.45, 2.75) is 0 Å². The molecule has 7 heteroatoms. The Hall–Kier alpha value is -1.82. The normalized spacial score (nSPS) is 10.3. The highest BCUT2D eigenvalue weighted by atomic mass is 35.5. The Labute approximate surface area is 90.7 Å². The third-order valence-electron chi connectivity index (χ3n) is 1.73. The molecule has 0 radical (unpaired) electrons. The molecule has 2 heterocycles. The zero-order chi connectivity index (χ0) is 10.8. The van der Waals surface area contributed by atoms with Gasteiger partial charge in [0, 0.05) is 6.07 Å². The van der Waals surface area contributed by atoms with Gasteiger partial charge in [-0.25, -0.2) is 9.67 Å². The molecule has 0 spiro atoms. The summed E-state index contributed by atoms with van der Waals surface area (Å²) in [4.78, 5) is 7.73. The van der Waals surface area contributed by atoms with Crippen molar-refractivity contribution in [3.8, 4) is 11.6 Å². The van der Waals surface area contributed by atoms with Crippen molar-refractivity contribution in [1.82, 2.24) is 19.7 Å². The fraction of sp³-hybridized carbons (Fsp3) is 0.125. The fourth-order valence-corrected chi connectivity index (χ4v) is 1.26. The van der Waals surface area contributed by atoms with Gasteiger partial charge in [-0.05, 0) is 0 Å². The van der Waals surface area contributed by atoms with E-state index in [1.54, 1.807) is 25.6 Å². The molecule has 78 valence electrons. The summed E-state index contributed by atoms with van der Waals surface area (Å²) in [6.45, 7) is 0. The smallest absolute Gasteiger partial charge is 0.223 e. The molecule has 6 nitrogen and oxygen atoms in total. The molecule has 0 aliphatic heterocycles. The van der Waals surface area contributed by atoms with Crippen molar-refractivity contribution < 1.29 is 4.74 Å². The number of nitrogen functional groups attached to an aromatic ring is 1. The number of rotatable bonds is 2. The summed E-state index contributed by atoms with van der Waals surface area (Å²) in [6, 6.07) is 1.56. The lowest BCUT2D eigenvalue weighted by atomic mass is 10.5. The van der Waals surface area contributed by atoms with E-state index >= 15 is 0 Å². The van der Waals surface area contributed by atoms with Crippen molar-refractivity contribution in [3.05, 3.63) is 23.6 Å². The molecule has 2 rings (SSSR count). The van der Waals surface area contributed by atoms with Crippen LogP contribution < -0.4 is 10.5 Å². The van der Waals surface area contributed by atoms with Gasteiger partial charge in [-0.1, -0.05) is 11.6 Å². The molecular formula is C8H8ClN5O. The third kappa shape index (κ3) is 1.99. The summed E-state index contributed by atoms with van der Waals surface area (Å²) in [6.07, 6.45) is 3.23. The molecule has 0 amide bonds. The van der Waals surface area contributed by atoms with Crippen molar-refractivity contribution in [2.75, 3.05) is 12.8 Å². The van der Waals surface area contributed by atoms with Gasteiger partial charge in [-0.15, -0.1) is 0 Å². The van der Waals surface area contributed by atoms with Crippen molar-refractivity contribution in [1.29, 1.82) is 0 Å². The van der Waals surface area contributed by atoms with Gasteiger partial charge in [-0.3, -0.25) is 0 Å². The molecule has 0 saturated carbocycles. The number of ether oxygens (including phenoxy) is 1. The van der Waals surface area contributed by atoms with Crippen LogP contribution in [0.1, 0.15) is 0 Å². The number of hydrogen-bond donors (Lipinski definition) is 1. The van der Waals surface area contributed by atoms with E-state index in [1.807, 2.05) is 0 Å². The van der Waals surface area contributed by atoms with E-state index in [2.05, 4.69) is 15.1 Å². The van der Waals surface area contributed by atoms with Gasteiger partial charge in [0.15, 0.2) is 11.6 Å². The number of nitrogens with two attached hydrogens (primary N) is 1. The van der Waals surface area contributed by atoms with Gasteiger partial charge in [0.2, 0.25) is 5.95 Å².